The summed E-state index contributed by atoms with van der Waals surface area (Å²) in [6, 6.07) is 1.93. The number of amides is 1. The first kappa shape index (κ1) is 13.7. The van der Waals surface area contributed by atoms with Gasteiger partial charge in [0.1, 0.15) is 9.71 Å². The summed E-state index contributed by atoms with van der Waals surface area (Å²) in [5.74, 6) is 2.20. The van der Waals surface area contributed by atoms with Gasteiger partial charge in [0.15, 0.2) is 0 Å². The van der Waals surface area contributed by atoms with Gasteiger partial charge in [-0.3, -0.25) is 4.79 Å². The Balaban J connectivity index is 1.99. The lowest BCUT2D eigenvalue weighted by atomic mass is 10.1. The Bertz CT molecular complexity index is 645. The average molecular weight is 307 g/mol. The van der Waals surface area contributed by atoms with Crippen molar-refractivity contribution in [1.29, 1.82) is 0 Å². The van der Waals surface area contributed by atoms with Gasteiger partial charge in [-0.25, -0.2) is 4.98 Å². The number of carbonyl (C=O) groups excluding carboxylic acids is 1. The zero-order valence-electron chi connectivity index (χ0n) is 11.4. The third kappa shape index (κ3) is 2.38. The van der Waals surface area contributed by atoms with E-state index in [1.165, 1.54) is 11.3 Å². The van der Waals surface area contributed by atoms with Gasteiger partial charge in [0.05, 0.1) is 5.69 Å². The van der Waals surface area contributed by atoms with Crippen LogP contribution >= 0.6 is 23.1 Å². The zero-order valence-corrected chi connectivity index (χ0v) is 13.0. The number of nitrogen functional groups attached to an aromatic ring is 1. The fourth-order valence-corrected chi connectivity index (χ4v) is 4.45. The topological polar surface area (TPSA) is 59.2 Å². The van der Waals surface area contributed by atoms with Crippen molar-refractivity contribution in [3.63, 3.8) is 0 Å². The number of aryl methyl sites for hydroxylation is 1. The minimum atomic E-state index is 0.0624. The lowest BCUT2D eigenvalue weighted by Gasteiger charge is -2.19. The molecule has 106 valence electrons. The van der Waals surface area contributed by atoms with Crippen molar-refractivity contribution in [3.8, 4) is 0 Å². The van der Waals surface area contributed by atoms with Gasteiger partial charge in [-0.15, -0.1) is 11.3 Å². The number of thioether (sulfide) groups is 1. The molecule has 0 unspecified atom stereocenters. The van der Waals surface area contributed by atoms with E-state index < -0.39 is 0 Å². The number of hydrogen-bond acceptors (Lipinski definition) is 5. The Morgan fingerprint density at radius 2 is 2.25 bits per heavy atom. The first-order chi connectivity index (χ1) is 9.68. The Kier molecular flexibility index (Phi) is 3.85. The Hall–Kier alpha value is -1.27. The van der Waals surface area contributed by atoms with Gasteiger partial charge in [-0.05, 0) is 30.7 Å². The highest BCUT2D eigenvalue weighted by atomic mass is 32.2. The SMILES string of the molecule is Cc1ccnc2sc(C(=O)N3CCCSCC3)c(N)c12. The van der Waals surface area contributed by atoms with Gasteiger partial charge < -0.3 is 10.6 Å². The van der Waals surface area contributed by atoms with Crippen LogP contribution in [0.25, 0.3) is 10.2 Å². The fraction of sp³-hybridized carbons (Fsp3) is 0.429. The largest absolute Gasteiger partial charge is 0.397 e. The molecule has 1 aliphatic rings. The maximum atomic E-state index is 12.7. The molecule has 2 aromatic heterocycles. The van der Waals surface area contributed by atoms with Crippen LogP contribution in [0, 0.1) is 6.92 Å². The molecule has 3 heterocycles. The molecule has 0 aromatic carbocycles. The number of hydrogen-bond donors (Lipinski definition) is 1. The molecule has 0 radical (unpaired) electrons. The number of carbonyl (C=O) groups is 1. The van der Waals surface area contributed by atoms with Crippen molar-refractivity contribution in [2.45, 2.75) is 13.3 Å². The standard InChI is InChI=1S/C14H17N3OS2/c1-9-3-4-16-13-10(9)11(15)12(20-13)14(18)17-5-2-7-19-8-6-17/h3-4H,2,5-8,15H2,1H3. The summed E-state index contributed by atoms with van der Waals surface area (Å²) in [6.45, 7) is 3.64. The van der Waals surface area contributed by atoms with E-state index in [9.17, 15) is 4.79 Å². The Morgan fingerprint density at radius 3 is 3.05 bits per heavy atom. The van der Waals surface area contributed by atoms with Gasteiger partial charge in [0.2, 0.25) is 0 Å². The maximum absolute atomic E-state index is 12.7. The van der Waals surface area contributed by atoms with E-state index in [4.69, 9.17) is 5.73 Å². The van der Waals surface area contributed by atoms with E-state index >= 15 is 0 Å². The second-order valence-electron chi connectivity index (χ2n) is 4.91. The van der Waals surface area contributed by atoms with Crippen LogP contribution < -0.4 is 5.73 Å². The predicted molar refractivity (Wildman–Crippen MR) is 86.6 cm³/mol. The smallest absolute Gasteiger partial charge is 0.266 e. The molecule has 4 nitrogen and oxygen atoms in total. The first-order valence-corrected chi connectivity index (χ1v) is 8.66. The molecule has 0 aliphatic carbocycles. The van der Waals surface area contributed by atoms with Crippen LogP contribution in [0.3, 0.4) is 0 Å². The van der Waals surface area contributed by atoms with Crippen molar-refractivity contribution in [2.24, 2.45) is 0 Å². The molecule has 0 spiro atoms. The van der Waals surface area contributed by atoms with Crippen LogP contribution in [-0.4, -0.2) is 40.4 Å². The summed E-state index contributed by atoms with van der Waals surface area (Å²) in [4.78, 5) is 20.4. The van der Waals surface area contributed by atoms with Gasteiger partial charge in [0, 0.05) is 30.4 Å². The van der Waals surface area contributed by atoms with Crippen LogP contribution in [0.2, 0.25) is 0 Å². The first-order valence-electron chi connectivity index (χ1n) is 6.69. The quantitative estimate of drug-likeness (QED) is 0.880. The highest BCUT2D eigenvalue weighted by molar-refractivity contribution is 7.99. The van der Waals surface area contributed by atoms with Gasteiger partial charge in [0.25, 0.3) is 5.91 Å². The summed E-state index contributed by atoms with van der Waals surface area (Å²) in [7, 11) is 0. The molecular weight excluding hydrogens is 290 g/mol. The van der Waals surface area contributed by atoms with Crippen LogP contribution in [0.4, 0.5) is 5.69 Å². The Morgan fingerprint density at radius 1 is 1.40 bits per heavy atom. The number of nitrogens with zero attached hydrogens (tertiary/aromatic N) is 2. The molecule has 0 bridgehead atoms. The fourth-order valence-electron chi connectivity index (χ4n) is 2.46. The molecule has 0 atom stereocenters. The van der Waals surface area contributed by atoms with Crippen molar-refractivity contribution in [2.75, 3.05) is 30.3 Å². The summed E-state index contributed by atoms with van der Waals surface area (Å²) in [5.41, 5.74) is 7.88. The van der Waals surface area contributed by atoms with Gasteiger partial charge in [-0.2, -0.15) is 11.8 Å². The van der Waals surface area contributed by atoms with E-state index in [1.807, 2.05) is 29.7 Å². The lowest BCUT2D eigenvalue weighted by molar-refractivity contribution is 0.0774. The van der Waals surface area contributed by atoms with E-state index in [2.05, 4.69) is 4.98 Å². The van der Waals surface area contributed by atoms with E-state index in [-0.39, 0.29) is 5.91 Å². The van der Waals surface area contributed by atoms with Crippen molar-refractivity contribution in [3.05, 3.63) is 22.7 Å². The molecule has 1 amide bonds. The third-order valence-electron chi connectivity index (χ3n) is 3.54. The number of rotatable bonds is 1. The number of thiophene rings is 1. The van der Waals surface area contributed by atoms with Crippen LogP contribution in [0.1, 0.15) is 21.7 Å². The average Bonchev–Trinajstić information content (AvgIpc) is 2.65. The molecule has 20 heavy (non-hydrogen) atoms. The molecule has 1 fully saturated rings. The van der Waals surface area contributed by atoms with E-state index in [0.717, 1.165) is 46.8 Å². The van der Waals surface area contributed by atoms with Crippen molar-refractivity contribution >= 4 is 44.9 Å². The molecule has 0 saturated carbocycles. The second kappa shape index (κ2) is 5.61. The number of aromatic nitrogens is 1. The van der Waals surface area contributed by atoms with E-state index in [0.29, 0.717) is 10.6 Å². The van der Waals surface area contributed by atoms with Crippen LogP contribution in [0.15, 0.2) is 12.3 Å². The molecular formula is C14H17N3OS2. The maximum Gasteiger partial charge on any atom is 0.266 e. The normalized spacial score (nSPS) is 16.4. The highest BCUT2D eigenvalue weighted by Crippen LogP contribution is 2.35. The molecule has 1 saturated heterocycles. The van der Waals surface area contributed by atoms with Crippen LogP contribution in [-0.2, 0) is 0 Å². The summed E-state index contributed by atoms with van der Waals surface area (Å²) in [6.07, 6.45) is 2.82. The number of pyridine rings is 1. The molecule has 3 rings (SSSR count). The molecule has 2 aromatic rings. The Labute approximate surface area is 126 Å². The summed E-state index contributed by atoms with van der Waals surface area (Å²) >= 11 is 3.32. The van der Waals surface area contributed by atoms with Crippen LogP contribution in [0.5, 0.6) is 0 Å². The van der Waals surface area contributed by atoms with E-state index in [1.54, 1.807) is 6.20 Å². The van der Waals surface area contributed by atoms with Crippen molar-refractivity contribution < 1.29 is 4.79 Å². The summed E-state index contributed by atoms with van der Waals surface area (Å²) in [5, 5.41) is 0.935. The lowest BCUT2D eigenvalue weighted by Crippen LogP contribution is -2.32. The molecule has 2 N–H and O–H groups in total. The third-order valence-corrected chi connectivity index (χ3v) is 5.69. The zero-order chi connectivity index (χ0) is 14.1. The van der Waals surface area contributed by atoms with Crippen molar-refractivity contribution in [1.82, 2.24) is 9.88 Å². The molecule has 1 aliphatic heterocycles. The summed E-state index contributed by atoms with van der Waals surface area (Å²) < 4.78 is 0. The number of nitrogens with two attached hydrogens (primary N) is 1. The minimum absolute atomic E-state index is 0.0624. The highest BCUT2D eigenvalue weighted by Gasteiger charge is 2.23. The number of fused-ring (bicyclic) bond motifs is 1. The minimum Gasteiger partial charge on any atom is -0.397 e. The molecule has 6 heteroatoms. The monoisotopic (exact) mass is 307 g/mol. The van der Waals surface area contributed by atoms with Gasteiger partial charge >= 0.3 is 0 Å². The van der Waals surface area contributed by atoms with Gasteiger partial charge in [-0.1, -0.05) is 0 Å². The number of anilines is 1. The second-order valence-corrected chi connectivity index (χ2v) is 7.13. The predicted octanol–water partition coefficient (Wildman–Crippen LogP) is 2.77.